The van der Waals surface area contributed by atoms with Crippen molar-refractivity contribution in [1.82, 2.24) is 19.9 Å². The fraction of sp³-hybridized carbons (Fsp3) is 0.385. The molecule has 180 valence electrons. The van der Waals surface area contributed by atoms with Crippen LogP contribution >= 0.6 is 0 Å². The zero-order chi connectivity index (χ0) is 24.0. The number of sulfonamides is 1. The highest BCUT2D eigenvalue weighted by Crippen LogP contribution is 2.21. The first-order chi connectivity index (χ1) is 16.4. The fourth-order valence-corrected chi connectivity index (χ4v) is 5.70. The summed E-state index contributed by atoms with van der Waals surface area (Å²) in [6.07, 6.45) is 4.16. The minimum atomic E-state index is -3.99. The summed E-state index contributed by atoms with van der Waals surface area (Å²) < 4.78 is 29.4. The molecule has 0 radical (unpaired) electrons. The first-order valence-electron chi connectivity index (χ1n) is 11.8. The molecule has 8 heteroatoms. The predicted octanol–water partition coefficient (Wildman–Crippen LogP) is 2.97. The number of amides is 1. The Balaban J connectivity index is 1.49. The molecule has 4 rings (SSSR count). The van der Waals surface area contributed by atoms with Crippen molar-refractivity contribution >= 4 is 26.8 Å². The average Bonchev–Trinajstić information content (AvgIpc) is 2.85. The Bertz CT molecular complexity index is 1200. The normalized spacial score (nSPS) is 16.4. The molecule has 2 aromatic carbocycles. The van der Waals surface area contributed by atoms with Gasteiger partial charge in [-0.3, -0.25) is 9.78 Å². The first kappa shape index (κ1) is 24.3. The van der Waals surface area contributed by atoms with Crippen LogP contribution in [0.5, 0.6) is 0 Å². The lowest BCUT2D eigenvalue weighted by Crippen LogP contribution is -2.49. The van der Waals surface area contributed by atoms with E-state index in [1.165, 1.54) is 18.9 Å². The van der Waals surface area contributed by atoms with Crippen molar-refractivity contribution in [3.8, 4) is 0 Å². The van der Waals surface area contributed by atoms with Crippen LogP contribution < -0.4 is 10.0 Å². The van der Waals surface area contributed by atoms with E-state index in [0.717, 1.165) is 36.5 Å². The Hall–Kier alpha value is -2.81. The van der Waals surface area contributed by atoms with Crippen LogP contribution in [0.3, 0.4) is 0 Å². The number of carbonyl (C=O) groups excluding carboxylic acids is 1. The van der Waals surface area contributed by atoms with Gasteiger partial charge in [0.05, 0.1) is 5.52 Å². The fourth-order valence-electron chi connectivity index (χ4n) is 4.33. The van der Waals surface area contributed by atoms with Crippen molar-refractivity contribution in [3.05, 3.63) is 72.4 Å². The van der Waals surface area contributed by atoms with E-state index in [2.05, 4.69) is 26.8 Å². The molecule has 1 fully saturated rings. The second-order valence-corrected chi connectivity index (χ2v) is 10.7. The van der Waals surface area contributed by atoms with Crippen molar-refractivity contribution in [2.24, 2.45) is 5.92 Å². The molecule has 0 spiro atoms. The number of aromatic nitrogens is 1. The van der Waals surface area contributed by atoms with E-state index in [9.17, 15) is 13.2 Å². The summed E-state index contributed by atoms with van der Waals surface area (Å²) in [5, 5.41) is 3.68. The third-order valence-electron chi connectivity index (χ3n) is 6.39. The van der Waals surface area contributed by atoms with Crippen molar-refractivity contribution in [3.63, 3.8) is 0 Å². The third kappa shape index (κ3) is 6.20. The lowest BCUT2D eigenvalue weighted by Gasteiger charge is -2.30. The topological polar surface area (TPSA) is 91.4 Å². The summed E-state index contributed by atoms with van der Waals surface area (Å²) in [4.78, 5) is 19.8. The highest BCUT2D eigenvalue weighted by atomic mass is 32.2. The first-order valence-corrected chi connectivity index (χ1v) is 13.3. The number of pyridine rings is 1. The van der Waals surface area contributed by atoms with Gasteiger partial charge in [-0.1, -0.05) is 55.5 Å². The summed E-state index contributed by atoms with van der Waals surface area (Å²) in [5.41, 5.74) is 1.27. The van der Waals surface area contributed by atoms with E-state index in [1.54, 1.807) is 18.3 Å². The Labute approximate surface area is 201 Å². The molecule has 7 nitrogen and oxygen atoms in total. The van der Waals surface area contributed by atoms with E-state index >= 15 is 0 Å². The van der Waals surface area contributed by atoms with E-state index in [-0.39, 0.29) is 17.2 Å². The minimum absolute atomic E-state index is 0.0684. The van der Waals surface area contributed by atoms with Gasteiger partial charge < -0.3 is 10.2 Å². The van der Waals surface area contributed by atoms with Gasteiger partial charge in [-0.15, -0.1) is 0 Å². The van der Waals surface area contributed by atoms with Crippen molar-refractivity contribution < 1.29 is 13.2 Å². The molecule has 1 atom stereocenters. The van der Waals surface area contributed by atoms with Gasteiger partial charge in [0, 0.05) is 24.7 Å². The lowest BCUT2D eigenvalue weighted by atomic mass is 9.99. The molecule has 1 aromatic heterocycles. The number of hydrogen-bond donors (Lipinski definition) is 2. The highest BCUT2D eigenvalue weighted by molar-refractivity contribution is 7.89. The highest BCUT2D eigenvalue weighted by Gasteiger charge is 2.27. The van der Waals surface area contributed by atoms with Crippen LogP contribution in [0.2, 0.25) is 0 Å². The SMILES string of the molecule is CC1CCN(CCNC(=O)C(Cc2ccccc2)NS(=O)(=O)c2cccc3cccnc23)CC1. The number of benzene rings is 2. The number of para-hydroxylation sites is 1. The summed E-state index contributed by atoms with van der Waals surface area (Å²) in [6.45, 7) is 5.58. The van der Waals surface area contributed by atoms with Crippen molar-refractivity contribution in [2.45, 2.75) is 37.1 Å². The van der Waals surface area contributed by atoms with Gasteiger partial charge in [-0.25, -0.2) is 8.42 Å². The number of likely N-dealkylation sites (tertiary alicyclic amines) is 1. The molecule has 2 N–H and O–H groups in total. The van der Waals surface area contributed by atoms with Gasteiger partial charge in [0.15, 0.2) is 0 Å². The molecule has 1 unspecified atom stereocenters. The van der Waals surface area contributed by atoms with Gasteiger partial charge >= 0.3 is 0 Å². The van der Waals surface area contributed by atoms with E-state index in [0.29, 0.717) is 12.1 Å². The lowest BCUT2D eigenvalue weighted by molar-refractivity contribution is -0.122. The number of piperidine rings is 1. The number of hydrogen-bond acceptors (Lipinski definition) is 5. The maximum atomic E-state index is 13.4. The van der Waals surface area contributed by atoms with Crippen LogP contribution in [0, 0.1) is 5.92 Å². The maximum Gasteiger partial charge on any atom is 0.243 e. The van der Waals surface area contributed by atoms with Crippen molar-refractivity contribution in [1.29, 1.82) is 0 Å². The molecule has 1 aliphatic heterocycles. The second-order valence-electron chi connectivity index (χ2n) is 9.01. The number of rotatable bonds is 9. The van der Waals surface area contributed by atoms with Crippen LogP contribution in [-0.2, 0) is 21.2 Å². The van der Waals surface area contributed by atoms with Crippen LogP contribution in [-0.4, -0.2) is 56.4 Å². The van der Waals surface area contributed by atoms with Crippen LogP contribution in [0.4, 0.5) is 0 Å². The average molecular weight is 481 g/mol. The van der Waals surface area contributed by atoms with Gasteiger partial charge in [-0.2, -0.15) is 4.72 Å². The molecule has 0 bridgehead atoms. The van der Waals surface area contributed by atoms with Gasteiger partial charge in [0.1, 0.15) is 10.9 Å². The molecular weight excluding hydrogens is 448 g/mol. The van der Waals surface area contributed by atoms with Gasteiger partial charge in [0.2, 0.25) is 15.9 Å². The molecule has 1 amide bonds. The Morgan fingerprint density at radius 3 is 2.56 bits per heavy atom. The monoisotopic (exact) mass is 480 g/mol. The zero-order valence-corrected chi connectivity index (χ0v) is 20.3. The van der Waals surface area contributed by atoms with Crippen LogP contribution in [0.1, 0.15) is 25.3 Å². The largest absolute Gasteiger partial charge is 0.353 e. The Morgan fingerprint density at radius 1 is 1.06 bits per heavy atom. The van der Waals surface area contributed by atoms with Crippen molar-refractivity contribution in [2.75, 3.05) is 26.2 Å². The summed E-state index contributed by atoms with van der Waals surface area (Å²) in [5.74, 6) is 0.421. The Kier molecular flexibility index (Phi) is 7.92. The number of nitrogens with zero attached hydrogens (tertiary/aromatic N) is 2. The molecule has 1 saturated heterocycles. The number of fused-ring (bicyclic) bond motifs is 1. The van der Waals surface area contributed by atoms with Gasteiger partial charge in [0.25, 0.3) is 0 Å². The second kappa shape index (κ2) is 11.1. The van der Waals surface area contributed by atoms with Crippen LogP contribution in [0.25, 0.3) is 10.9 Å². The molecule has 2 heterocycles. The van der Waals surface area contributed by atoms with E-state index in [1.807, 2.05) is 42.5 Å². The summed E-state index contributed by atoms with van der Waals surface area (Å²) in [6, 6.07) is 17.1. The summed E-state index contributed by atoms with van der Waals surface area (Å²) in [7, 11) is -3.99. The number of nitrogens with one attached hydrogen (secondary N) is 2. The van der Waals surface area contributed by atoms with E-state index < -0.39 is 16.1 Å². The molecule has 3 aromatic rings. The maximum absolute atomic E-state index is 13.4. The quantitative estimate of drug-likeness (QED) is 0.491. The van der Waals surface area contributed by atoms with E-state index in [4.69, 9.17) is 0 Å². The summed E-state index contributed by atoms with van der Waals surface area (Å²) >= 11 is 0. The zero-order valence-electron chi connectivity index (χ0n) is 19.5. The predicted molar refractivity (Wildman–Crippen MR) is 134 cm³/mol. The van der Waals surface area contributed by atoms with Crippen LogP contribution in [0.15, 0.2) is 71.8 Å². The Morgan fingerprint density at radius 2 is 1.79 bits per heavy atom. The molecule has 0 saturated carbocycles. The molecule has 1 aliphatic rings. The molecule has 0 aliphatic carbocycles. The van der Waals surface area contributed by atoms with Gasteiger partial charge in [-0.05, 0) is 56.0 Å². The number of carbonyl (C=O) groups is 1. The smallest absolute Gasteiger partial charge is 0.243 e. The third-order valence-corrected chi connectivity index (χ3v) is 7.89. The standard InChI is InChI=1S/C26H32N4O3S/c1-20-12-16-30(17-13-20)18-15-28-26(31)23(19-21-7-3-2-4-8-21)29-34(32,33)24-11-5-9-22-10-6-14-27-25(22)24/h2-11,14,20,23,29H,12-13,15-19H2,1H3,(H,28,31). The molecular formula is C26H32N4O3S. The molecule has 34 heavy (non-hydrogen) atoms. The minimum Gasteiger partial charge on any atom is -0.353 e.